The lowest BCUT2D eigenvalue weighted by molar-refractivity contribution is -0.115. The highest BCUT2D eigenvalue weighted by Crippen LogP contribution is 2.16. The lowest BCUT2D eigenvalue weighted by Gasteiger charge is -2.13. The zero-order valence-electron chi connectivity index (χ0n) is 12.2. The minimum atomic E-state index is 0.00760. The Morgan fingerprint density at radius 2 is 1.80 bits per heavy atom. The Balaban J connectivity index is 1.97. The van der Waals surface area contributed by atoms with E-state index in [0.29, 0.717) is 6.42 Å². The van der Waals surface area contributed by atoms with Crippen molar-refractivity contribution in [2.45, 2.75) is 13.3 Å². The summed E-state index contributed by atoms with van der Waals surface area (Å²) in [4.78, 5) is 14.0. The molecule has 0 radical (unpaired) electrons. The largest absolute Gasteiger partial charge is 0.378 e. The highest BCUT2D eigenvalue weighted by atomic mass is 16.1. The molecule has 1 N–H and O–H groups in total. The highest BCUT2D eigenvalue weighted by Gasteiger charge is 2.04. The molecule has 104 valence electrons. The zero-order valence-corrected chi connectivity index (χ0v) is 12.2. The van der Waals surface area contributed by atoms with Gasteiger partial charge in [-0.3, -0.25) is 4.79 Å². The number of carbonyl (C=O) groups excluding carboxylic acids is 1. The molecule has 0 fully saturated rings. The second-order valence-electron chi connectivity index (χ2n) is 5.16. The number of carbonyl (C=O) groups is 1. The predicted octanol–water partition coefficient (Wildman–Crippen LogP) is 3.24. The standard InChI is InChI=1S/C17H20N2O/c1-13-5-4-6-14(11-13)12-17(20)18-15-7-9-16(10-8-15)19(2)3/h4-11H,12H2,1-3H3,(H,18,20). The van der Waals surface area contributed by atoms with Crippen molar-refractivity contribution in [2.24, 2.45) is 0 Å². The first-order chi connectivity index (χ1) is 9.54. The normalized spacial score (nSPS) is 10.2. The van der Waals surface area contributed by atoms with Crippen molar-refractivity contribution in [3.05, 3.63) is 59.7 Å². The Hall–Kier alpha value is -2.29. The van der Waals surface area contributed by atoms with E-state index in [2.05, 4.69) is 5.32 Å². The molecular weight excluding hydrogens is 248 g/mol. The SMILES string of the molecule is Cc1cccc(CC(=O)Nc2ccc(N(C)C)cc2)c1. The molecule has 3 heteroatoms. The summed E-state index contributed by atoms with van der Waals surface area (Å²) in [6, 6.07) is 15.8. The van der Waals surface area contributed by atoms with Gasteiger partial charge in [-0.05, 0) is 36.8 Å². The average molecular weight is 268 g/mol. The Morgan fingerprint density at radius 3 is 2.40 bits per heavy atom. The topological polar surface area (TPSA) is 32.3 Å². The maximum Gasteiger partial charge on any atom is 0.228 e. The fourth-order valence-electron chi connectivity index (χ4n) is 2.06. The third-order valence-corrected chi connectivity index (χ3v) is 3.11. The molecule has 0 atom stereocenters. The number of aryl methyl sites for hydroxylation is 1. The van der Waals surface area contributed by atoms with Crippen LogP contribution in [0, 0.1) is 6.92 Å². The molecule has 2 aromatic rings. The van der Waals surface area contributed by atoms with E-state index in [1.807, 2.05) is 74.4 Å². The Morgan fingerprint density at radius 1 is 1.10 bits per heavy atom. The summed E-state index contributed by atoms with van der Waals surface area (Å²) >= 11 is 0. The summed E-state index contributed by atoms with van der Waals surface area (Å²) in [7, 11) is 3.98. The first kappa shape index (κ1) is 14.1. The number of nitrogens with one attached hydrogen (secondary N) is 1. The first-order valence-electron chi connectivity index (χ1n) is 6.67. The molecule has 0 heterocycles. The van der Waals surface area contributed by atoms with Crippen LogP contribution in [0.2, 0.25) is 0 Å². The van der Waals surface area contributed by atoms with Crippen LogP contribution in [-0.4, -0.2) is 20.0 Å². The van der Waals surface area contributed by atoms with Crippen LogP contribution in [0.4, 0.5) is 11.4 Å². The number of anilines is 2. The van der Waals surface area contributed by atoms with Gasteiger partial charge >= 0.3 is 0 Å². The van der Waals surface area contributed by atoms with Gasteiger partial charge in [0.15, 0.2) is 0 Å². The van der Waals surface area contributed by atoms with Crippen molar-refractivity contribution in [2.75, 3.05) is 24.3 Å². The van der Waals surface area contributed by atoms with Crippen LogP contribution in [0.5, 0.6) is 0 Å². The van der Waals surface area contributed by atoms with E-state index in [-0.39, 0.29) is 5.91 Å². The van der Waals surface area contributed by atoms with Gasteiger partial charge in [0.25, 0.3) is 0 Å². The van der Waals surface area contributed by atoms with Crippen LogP contribution in [0.25, 0.3) is 0 Å². The number of benzene rings is 2. The van der Waals surface area contributed by atoms with Crippen LogP contribution in [0.15, 0.2) is 48.5 Å². The summed E-state index contributed by atoms with van der Waals surface area (Å²) in [6.45, 7) is 2.03. The lowest BCUT2D eigenvalue weighted by atomic mass is 10.1. The molecule has 0 aliphatic heterocycles. The summed E-state index contributed by atoms with van der Waals surface area (Å²) in [6.07, 6.45) is 0.400. The summed E-state index contributed by atoms with van der Waals surface area (Å²) in [5.74, 6) is 0.00760. The van der Waals surface area contributed by atoms with E-state index in [4.69, 9.17) is 0 Å². The van der Waals surface area contributed by atoms with Crippen molar-refractivity contribution < 1.29 is 4.79 Å². The number of hydrogen-bond acceptors (Lipinski definition) is 2. The van der Waals surface area contributed by atoms with Gasteiger partial charge in [0, 0.05) is 25.5 Å². The molecule has 0 aliphatic rings. The molecule has 0 aromatic heterocycles. The molecule has 0 saturated carbocycles. The number of amides is 1. The maximum atomic E-state index is 12.0. The van der Waals surface area contributed by atoms with Crippen molar-refractivity contribution in [3.8, 4) is 0 Å². The molecule has 1 amide bonds. The third kappa shape index (κ3) is 3.85. The monoisotopic (exact) mass is 268 g/mol. The molecule has 0 aliphatic carbocycles. The molecule has 2 aromatic carbocycles. The molecule has 0 bridgehead atoms. The van der Waals surface area contributed by atoms with Crippen molar-refractivity contribution >= 4 is 17.3 Å². The number of rotatable bonds is 4. The molecule has 2 rings (SSSR count). The Labute approximate surface area is 120 Å². The van der Waals surface area contributed by atoms with E-state index < -0.39 is 0 Å². The number of hydrogen-bond donors (Lipinski definition) is 1. The Kier molecular flexibility index (Phi) is 4.41. The zero-order chi connectivity index (χ0) is 14.5. The van der Waals surface area contributed by atoms with Gasteiger partial charge in [-0.25, -0.2) is 0 Å². The molecule has 0 saturated heterocycles. The molecule has 0 spiro atoms. The van der Waals surface area contributed by atoms with Crippen LogP contribution in [0.3, 0.4) is 0 Å². The Bertz CT molecular complexity index is 588. The van der Waals surface area contributed by atoms with Gasteiger partial charge in [-0.15, -0.1) is 0 Å². The van der Waals surface area contributed by atoms with E-state index in [0.717, 1.165) is 16.9 Å². The maximum absolute atomic E-state index is 12.0. The fourth-order valence-corrected chi connectivity index (χ4v) is 2.06. The van der Waals surface area contributed by atoms with Gasteiger partial charge in [-0.2, -0.15) is 0 Å². The van der Waals surface area contributed by atoms with E-state index >= 15 is 0 Å². The second-order valence-corrected chi connectivity index (χ2v) is 5.16. The van der Waals surface area contributed by atoms with Crippen LogP contribution >= 0.6 is 0 Å². The van der Waals surface area contributed by atoms with Crippen LogP contribution in [-0.2, 0) is 11.2 Å². The van der Waals surface area contributed by atoms with Crippen LogP contribution in [0.1, 0.15) is 11.1 Å². The van der Waals surface area contributed by atoms with Gasteiger partial charge < -0.3 is 10.2 Å². The van der Waals surface area contributed by atoms with Gasteiger partial charge in [0.05, 0.1) is 6.42 Å². The minimum absolute atomic E-state index is 0.00760. The van der Waals surface area contributed by atoms with Gasteiger partial charge in [-0.1, -0.05) is 29.8 Å². The fraction of sp³-hybridized carbons (Fsp3) is 0.235. The summed E-state index contributed by atoms with van der Waals surface area (Å²) < 4.78 is 0. The van der Waals surface area contributed by atoms with Crippen molar-refractivity contribution in [1.82, 2.24) is 0 Å². The highest BCUT2D eigenvalue weighted by molar-refractivity contribution is 5.92. The summed E-state index contributed by atoms with van der Waals surface area (Å²) in [5.41, 5.74) is 4.15. The first-order valence-corrected chi connectivity index (χ1v) is 6.67. The van der Waals surface area contributed by atoms with Gasteiger partial charge in [0.2, 0.25) is 5.91 Å². The summed E-state index contributed by atoms with van der Waals surface area (Å²) in [5, 5.41) is 2.92. The molecule has 3 nitrogen and oxygen atoms in total. The minimum Gasteiger partial charge on any atom is -0.378 e. The van der Waals surface area contributed by atoms with E-state index in [1.54, 1.807) is 0 Å². The van der Waals surface area contributed by atoms with E-state index in [1.165, 1.54) is 5.56 Å². The number of nitrogens with zero attached hydrogens (tertiary/aromatic N) is 1. The van der Waals surface area contributed by atoms with E-state index in [9.17, 15) is 4.79 Å². The average Bonchev–Trinajstić information content (AvgIpc) is 2.39. The third-order valence-electron chi connectivity index (χ3n) is 3.11. The quantitative estimate of drug-likeness (QED) is 0.923. The van der Waals surface area contributed by atoms with Gasteiger partial charge in [0.1, 0.15) is 0 Å². The van der Waals surface area contributed by atoms with Crippen molar-refractivity contribution in [3.63, 3.8) is 0 Å². The predicted molar refractivity (Wildman–Crippen MR) is 84.3 cm³/mol. The van der Waals surface area contributed by atoms with Crippen LogP contribution < -0.4 is 10.2 Å². The lowest BCUT2D eigenvalue weighted by Crippen LogP contribution is -2.14. The molecular formula is C17H20N2O. The smallest absolute Gasteiger partial charge is 0.228 e. The molecule has 20 heavy (non-hydrogen) atoms. The second kappa shape index (κ2) is 6.24. The molecule has 0 unspecified atom stereocenters. The van der Waals surface area contributed by atoms with Crippen molar-refractivity contribution in [1.29, 1.82) is 0 Å².